The summed E-state index contributed by atoms with van der Waals surface area (Å²) in [6.45, 7) is 7.38. The number of carbonyl (C=O) groups excluding carboxylic acids is 2. The number of hydrogen-bond acceptors (Lipinski definition) is 4. The van der Waals surface area contributed by atoms with Crippen molar-refractivity contribution in [2.45, 2.75) is 27.7 Å². The molecule has 0 saturated heterocycles. The molecule has 2 amide bonds. The van der Waals surface area contributed by atoms with Gasteiger partial charge in [-0.3, -0.25) is 10.1 Å². The molecule has 116 valence electrons. The molecule has 6 heteroatoms. The van der Waals surface area contributed by atoms with Crippen LogP contribution in [0.5, 0.6) is 5.75 Å². The summed E-state index contributed by atoms with van der Waals surface area (Å²) in [7, 11) is 1.50. The highest BCUT2D eigenvalue weighted by atomic mass is 16.5. The first kappa shape index (κ1) is 16.8. The molecule has 0 aliphatic carbocycles. The van der Waals surface area contributed by atoms with Crippen LogP contribution in [0.15, 0.2) is 18.2 Å². The van der Waals surface area contributed by atoms with Crippen molar-refractivity contribution < 1.29 is 19.1 Å². The lowest BCUT2D eigenvalue weighted by atomic mass is 9.95. The molecular formula is C15H22N2O4. The summed E-state index contributed by atoms with van der Waals surface area (Å²) in [6.07, 6.45) is -0.586. The maximum absolute atomic E-state index is 12.2. The molecule has 1 aromatic carbocycles. The third-order valence-electron chi connectivity index (χ3n) is 2.68. The summed E-state index contributed by atoms with van der Waals surface area (Å²) in [5.41, 5.74) is 0.264. The van der Waals surface area contributed by atoms with E-state index in [1.165, 1.54) is 7.11 Å². The monoisotopic (exact) mass is 294 g/mol. The number of rotatable bonds is 4. The second-order valence-corrected chi connectivity index (χ2v) is 5.43. The van der Waals surface area contributed by atoms with E-state index in [1.807, 2.05) is 0 Å². The van der Waals surface area contributed by atoms with Gasteiger partial charge in [-0.25, -0.2) is 4.79 Å². The van der Waals surface area contributed by atoms with Crippen LogP contribution in [0.4, 0.5) is 16.2 Å². The van der Waals surface area contributed by atoms with Crippen molar-refractivity contribution in [3.05, 3.63) is 18.2 Å². The molecule has 0 unspecified atom stereocenters. The molecule has 0 spiro atoms. The Morgan fingerprint density at radius 3 is 2.38 bits per heavy atom. The largest absolute Gasteiger partial charge is 0.494 e. The molecule has 1 aromatic rings. The van der Waals surface area contributed by atoms with Crippen LogP contribution in [0.25, 0.3) is 0 Å². The Morgan fingerprint density at radius 2 is 1.86 bits per heavy atom. The van der Waals surface area contributed by atoms with Crippen LogP contribution in [0.3, 0.4) is 0 Å². The van der Waals surface area contributed by atoms with Gasteiger partial charge in [0, 0.05) is 5.41 Å². The maximum Gasteiger partial charge on any atom is 0.411 e. The highest BCUT2D eigenvalue weighted by Gasteiger charge is 2.24. The van der Waals surface area contributed by atoms with Gasteiger partial charge < -0.3 is 14.8 Å². The molecule has 2 N–H and O–H groups in total. The fourth-order valence-electron chi connectivity index (χ4n) is 1.51. The zero-order valence-electron chi connectivity index (χ0n) is 13.1. The number of benzene rings is 1. The number of nitrogens with one attached hydrogen (secondary N) is 2. The summed E-state index contributed by atoms with van der Waals surface area (Å²) in [6, 6.07) is 5.08. The number of methoxy groups -OCH3 is 1. The van der Waals surface area contributed by atoms with Gasteiger partial charge >= 0.3 is 6.09 Å². The van der Waals surface area contributed by atoms with Gasteiger partial charge in [-0.15, -0.1) is 0 Å². The van der Waals surface area contributed by atoms with E-state index < -0.39 is 11.5 Å². The molecule has 1 rings (SSSR count). The van der Waals surface area contributed by atoms with Gasteiger partial charge in [0.2, 0.25) is 5.91 Å². The second-order valence-electron chi connectivity index (χ2n) is 5.43. The van der Waals surface area contributed by atoms with Crippen molar-refractivity contribution in [3.8, 4) is 5.75 Å². The number of para-hydroxylation sites is 1. The average molecular weight is 294 g/mol. The van der Waals surface area contributed by atoms with E-state index in [1.54, 1.807) is 45.9 Å². The zero-order chi connectivity index (χ0) is 16.0. The Morgan fingerprint density at radius 1 is 1.19 bits per heavy atom. The predicted octanol–water partition coefficient (Wildman–Crippen LogP) is 3.25. The van der Waals surface area contributed by atoms with Crippen LogP contribution in [0, 0.1) is 5.41 Å². The van der Waals surface area contributed by atoms with Crippen molar-refractivity contribution in [1.82, 2.24) is 0 Å². The topological polar surface area (TPSA) is 76.7 Å². The summed E-state index contributed by atoms with van der Waals surface area (Å²) in [5, 5.41) is 5.37. The van der Waals surface area contributed by atoms with Gasteiger partial charge in [0.1, 0.15) is 11.4 Å². The van der Waals surface area contributed by atoms with Gasteiger partial charge in [0.25, 0.3) is 0 Å². The van der Waals surface area contributed by atoms with E-state index in [-0.39, 0.29) is 12.5 Å². The van der Waals surface area contributed by atoms with E-state index in [0.717, 1.165) is 0 Å². The van der Waals surface area contributed by atoms with Gasteiger partial charge in [-0.1, -0.05) is 26.8 Å². The van der Waals surface area contributed by atoms with Crippen LogP contribution in [-0.2, 0) is 9.53 Å². The van der Waals surface area contributed by atoms with Crippen molar-refractivity contribution in [3.63, 3.8) is 0 Å². The van der Waals surface area contributed by atoms with E-state index in [4.69, 9.17) is 9.47 Å². The van der Waals surface area contributed by atoms with Gasteiger partial charge in [-0.2, -0.15) is 0 Å². The van der Waals surface area contributed by atoms with E-state index in [9.17, 15) is 9.59 Å². The van der Waals surface area contributed by atoms with Crippen LogP contribution in [-0.4, -0.2) is 25.7 Å². The smallest absolute Gasteiger partial charge is 0.411 e. The lowest BCUT2D eigenvalue weighted by Crippen LogP contribution is -2.28. The Bertz CT molecular complexity index is 521. The SMILES string of the molecule is CCOC(=O)Nc1cccc(OC)c1NC(=O)C(C)(C)C. The maximum atomic E-state index is 12.2. The Kier molecular flexibility index (Phi) is 5.58. The Labute approximate surface area is 124 Å². The lowest BCUT2D eigenvalue weighted by molar-refractivity contribution is -0.123. The summed E-state index contributed by atoms with van der Waals surface area (Å²) < 4.78 is 10.1. The Hall–Kier alpha value is -2.24. The standard InChI is InChI=1S/C15H22N2O4/c1-6-21-14(19)16-10-8-7-9-11(20-5)12(10)17-13(18)15(2,3)4/h7-9H,6H2,1-5H3,(H,16,19)(H,17,18). The van der Waals surface area contributed by atoms with Gasteiger partial charge in [0.05, 0.1) is 19.4 Å². The van der Waals surface area contributed by atoms with Crippen LogP contribution < -0.4 is 15.4 Å². The molecule has 0 aromatic heterocycles. The highest BCUT2D eigenvalue weighted by Crippen LogP contribution is 2.33. The molecule has 0 aliphatic rings. The van der Waals surface area contributed by atoms with E-state index >= 15 is 0 Å². The van der Waals surface area contributed by atoms with Gasteiger partial charge in [0.15, 0.2) is 0 Å². The van der Waals surface area contributed by atoms with E-state index in [0.29, 0.717) is 17.1 Å². The third kappa shape index (κ3) is 4.66. The van der Waals surface area contributed by atoms with Crippen molar-refractivity contribution >= 4 is 23.4 Å². The van der Waals surface area contributed by atoms with Gasteiger partial charge in [-0.05, 0) is 19.1 Å². The number of amides is 2. The van der Waals surface area contributed by atoms with Crippen molar-refractivity contribution in [1.29, 1.82) is 0 Å². The molecule has 21 heavy (non-hydrogen) atoms. The minimum atomic E-state index is -0.586. The molecule has 0 saturated carbocycles. The third-order valence-corrected chi connectivity index (χ3v) is 2.68. The number of ether oxygens (including phenoxy) is 2. The molecule has 0 heterocycles. The first-order valence-corrected chi connectivity index (χ1v) is 6.71. The van der Waals surface area contributed by atoms with E-state index in [2.05, 4.69) is 10.6 Å². The normalized spacial score (nSPS) is 10.7. The lowest BCUT2D eigenvalue weighted by Gasteiger charge is -2.21. The second kappa shape index (κ2) is 6.97. The first-order chi connectivity index (χ1) is 9.79. The highest BCUT2D eigenvalue weighted by molar-refractivity contribution is 6.01. The minimum absolute atomic E-state index is 0.182. The summed E-state index contributed by atoms with van der Waals surface area (Å²) in [4.78, 5) is 23.7. The molecule has 0 atom stereocenters. The van der Waals surface area contributed by atoms with Crippen LogP contribution in [0.1, 0.15) is 27.7 Å². The zero-order valence-corrected chi connectivity index (χ0v) is 13.1. The average Bonchev–Trinajstić information content (AvgIpc) is 2.39. The van der Waals surface area contributed by atoms with Crippen molar-refractivity contribution in [2.24, 2.45) is 5.41 Å². The molecule has 6 nitrogen and oxygen atoms in total. The van der Waals surface area contributed by atoms with Crippen LogP contribution in [0.2, 0.25) is 0 Å². The molecular weight excluding hydrogens is 272 g/mol. The minimum Gasteiger partial charge on any atom is -0.494 e. The molecule has 0 fully saturated rings. The molecule has 0 radical (unpaired) electrons. The summed E-state index contributed by atoms with van der Waals surface area (Å²) >= 11 is 0. The summed E-state index contributed by atoms with van der Waals surface area (Å²) in [5.74, 6) is 0.279. The molecule has 0 bridgehead atoms. The Balaban J connectivity index is 3.09. The van der Waals surface area contributed by atoms with Crippen molar-refractivity contribution in [2.75, 3.05) is 24.4 Å². The van der Waals surface area contributed by atoms with Crippen LogP contribution >= 0.6 is 0 Å². The quantitative estimate of drug-likeness (QED) is 0.893. The predicted molar refractivity (Wildman–Crippen MR) is 81.7 cm³/mol. The fraction of sp³-hybridized carbons (Fsp3) is 0.467. The molecule has 0 aliphatic heterocycles. The number of hydrogen-bond donors (Lipinski definition) is 2. The number of carbonyl (C=O) groups is 2. The number of anilines is 2. The fourth-order valence-corrected chi connectivity index (χ4v) is 1.51. The first-order valence-electron chi connectivity index (χ1n) is 6.71.